The van der Waals surface area contributed by atoms with Gasteiger partial charge in [-0.1, -0.05) is 12.1 Å². The third kappa shape index (κ3) is 3.74. The Morgan fingerprint density at radius 2 is 1.93 bits per heavy atom. The van der Waals surface area contributed by atoms with Crippen molar-refractivity contribution in [3.8, 4) is 17.6 Å². The van der Waals surface area contributed by atoms with Crippen LogP contribution in [0.4, 0.5) is 0 Å². The van der Waals surface area contributed by atoms with Gasteiger partial charge in [-0.3, -0.25) is 4.79 Å². The third-order valence-corrected chi connectivity index (χ3v) is 5.42. The van der Waals surface area contributed by atoms with Gasteiger partial charge in [0.1, 0.15) is 6.10 Å². The molecule has 0 aliphatic carbocycles. The lowest BCUT2D eigenvalue weighted by molar-refractivity contribution is 0.0371. The number of ether oxygens (including phenoxy) is 1. The number of aromatic nitrogens is 4. The van der Waals surface area contributed by atoms with Gasteiger partial charge < -0.3 is 9.64 Å². The number of nitriles is 1. The number of likely N-dealkylation sites (tertiary alicyclic amines) is 1. The van der Waals surface area contributed by atoms with E-state index in [2.05, 4.69) is 21.3 Å². The Morgan fingerprint density at radius 1 is 1.17 bits per heavy atom. The highest BCUT2D eigenvalue weighted by atomic mass is 16.5. The fourth-order valence-corrected chi connectivity index (χ4v) is 3.69. The molecule has 1 fully saturated rings. The largest absolute Gasteiger partial charge is 0.472 e. The minimum absolute atomic E-state index is 0.0792. The Labute approximate surface area is 174 Å². The smallest absolute Gasteiger partial charge is 0.256 e. The number of benzene rings is 1. The molecule has 2 atom stereocenters. The van der Waals surface area contributed by atoms with Crippen LogP contribution >= 0.6 is 0 Å². The van der Waals surface area contributed by atoms with Crippen LogP contribution in [-0.4, -0.2) is 49.5 Å². The molecular weight excluding hydrogens is 380 g/mol. The lowest BCUT2D eigenvalue weighted by Gasteiger charge is -2.38. The van der Waals surface area contributed by atoms with Crippen LogP contribution in [-0.2, 0) is 0 Å². The van der Waals surface area contributed by atoms with Crippen molar-refractivity contribution in [2.24, 2.45) is 0 Å². The van der Waals surface area contributed by atoms with Gasteiger partial charge in [0, 0.05) is 17.8 Å². The van der Waals surface area contributed by atoms with Crippen LogP contribution in [0.1, 0.15) is 41.3 Å². The molecule has 4 rings (SSSR count). The van der Waals surface area contributed by atoms with Gasteiger partial charge in [0.15, 0.2) is 0 Å². The summed E-state index contributed by atoms with van der Waals surface area (Å²) in [4.78, 5) is 21.0. The number of amides is 1. The van der Waals surface area contributed by atoms with Crippen molar-refractivity contribution in [2.75, 3.05) is 6.54 Å². The molecule has 8 nitrogen and oxygen atoms in total. The van der Waals surface area contributed by atoms with Crippen LogP contribution < -0.4 is 4.74 Å². The first-order chi connectivity index (χ1) is 14.6. The standard InChI is InChI=1S/C22H22N6O2/c1-15-7-8-18(30-21-16(2)17(13-23)9-10-24-21)14-27(15)22(29)19-5-3-4-6-20(19)28-25-11-12-26-28/h3-6,9-12,15,18H,7-8,14H2,1-2H3. The zero-order chi connectivity index (χ0) is 21.1. The van der Waals surface area contributed by atoms with Crippen molar-refractivity contribution >= 4 is 5.91 Å². The fourth-order valence-electron chi connectivity index (χ4n) is 3.69. The van der Waals surface area contributed by atoms with Gasteiger partial charge in [0.25, 0.3) is 5.91 Å². The summed E-state index contributed by atoms with van der Waals surface area (Å²) < 4.78 is 6.11. The lowest BCUT2D eigenvalue weighted by atomic mass is 9.99. The number of pyridine rings is 1. The summed E-state index contributed by atoms with van der Waals surface area (Å²) in [5.74, 6) is 0.362. The van der Waals surface area contributed by atoms with E-state index in [9.17, 15) is 10.1 Å². The molecule has 0 spiro atoms. The molecule has 1 aliphatic heterocycles. The van der Waals surface area contributed by atoms with E-state index in [-0.39, 0.29) is 18.1 Å². The first kappa shape index (κ1) is 19.6. The topological polar surface area (TPSA) is 96.9 Å². The molecule has 1 amide bonds. The van der Waals surface area contributed by atoms with Gasteiger partial charge >= 0.3 is 0 Å². The van der Waals surface area contributed by atoms with Gasteiger partial charge in [-0.05, 0) is 44.9 Å². The molecule has 3 heterocycles. The van der Waals surface area contributed by atoms with Gasteiger partial charge in [-0.15, -0.1) is 0 Å². The molecule has 8 heteroatoms. The van der Waals surface area contributed by atoms with Crippen molar-refractivity contribution < 1.29 is 9.53 Å². The normalized spacial score (nSPS) is 18.6. The van der Waals surface area contributed by atoms with Crippen LogP contribution in [0.5, 0.6) is 5.88 Å². The summed E-state index contributed by atoms with van der Waals surface area (Å²) in [6.07, 6.45) is 6.17. The van der Waals surface area contributed by atoms with E-state index >= 15 is 0 Å². The van der Waals surface area contributed by atoms with Crippen LogP contribution in [0, 0.1) is 18.3 Å². The predicted octanol–water partition coefficient (Wildman–Crippen LogP) is 2.91. The van der Waals surface area contributed by atoms with Crippen LogP contribution in [0.25, 0.3) is 5.69 Å². The zero-order valence-corrected chi connectivity index (χ0v) is 16.9. The van der Waals surface area contributed by atoms with E-state index in [0.717, 1.165) is 12.8 Å². The summed E-state index contributed by atoms with van der Waals surface area (Å²) in [7, 11) is 0. The Kier molecular flexibility index (Phi) is 5.44. The average molecular weight is 402 g/mol. The molecule has 1 saturated heterocycles. The molecule has 0 saturated carbocycles. The van der Waals surface area contributed by atoms with Gasteiger partial charge in [-0.2, -0.15) is 20.3 Å². The van der Waals surface area contributed by atoms with E-state index in [0.29, 0.717) is 34.8 Å². The second-order valence-corrected chi connectivity index (χ2v) is 7.36. The van der Waals surface area contributed by atoms with E-state index < -0.39 is 0 Å². The number of carbonyl (C=O) groups excluding carboxylic acids is 1. The van der Waals surface area contributed by atoms with Crippen molar-refractivity contribution in [2.45, 2.75) is 38.8 Å². The van der Waals surface area contributed by atoms with Crippen LogP contribution in [0.2, 0.25) is 0 Å². The van der Waals surface area contributed by atoms with Crippen molar-refractivity contribution in [3.05, 3.63) is 65.6 Å². The van der Waals surface area contributed by atoms with Gasteiger partial charge in [-0.25, -0.2) is 4.98 Å². The van der Waals surface area contributed by atoms with Crippen molar-refractivity contribution in [3.63, 3.8) is 0 Å². The molecule has 0 radical (unpaired) electrons. The van der Waals surface area contributed by atoms with Crippen molar-refractivity contribution in [1.82, 2.24) is 24.9 Å². The maximum atomic E-state index is 13.4. The van der Waals surface area contributed by atoms with E-state index in [1.54, 1.807) is 30.7 Å². The number of nitrogens with zero attached hydrogens (tertiary/aromatic N) is 6. The Bertz CT molecular complexity index is 1090. The van der Waals surface area contributed by atoms with E-state index in [1.807, 2.05) is 36.9 Å². The summed E-state index contributed by atoms with van der Waals surface area (Å²) >= 11 is 0. The Morgan fingerprint density at radius 3 is 2.70 bits per heavy atom. The first-order valence-corrected chi connectivity index (χ1v) is 9.87. The van der Waals surface area contributed by atoms with E-state index in [1.165, 1.54) is 4.80 Å². The summed E-state index contributed by atoms with van der Waals surface area (Å²) in [6.45, 7) is 4.31. The SMILES string of the molecule is Cc1c(C#N)ccnc1OC1CCC(C)N(C(=O)c2ccccc2-n2nccn2)C1. The second kappa shape index (κ2) is 8.33. The summed E-state index contributed by atoms with van der Waals surface area (Å²) in [6, 6.07) is 11.2. The zero-order valence-electron chi connectivity index (χ0n) is 16.9. The number of hydrogen-bond acceptors (Lipinski definition) is 6. The molecule has 0 bridgehead atoms. The van der Waals surface area contributed by atoms with Gasteiger partial charge in [0.2, 0.25) is 5.88 Å². The number of piperidine rings is 1. The summed E-state index contributed by atoms with van der Waals surface area (Å²) in [5.41, 5.74) is 2.44. The second-order valence-electron chi connectivity index (χ2n) is 7.36. The minimum atomic E-state index is -0.194. The maximum Gasteiger partial charge on any atom is 0.256 e. The summed E-state index contributed by atoms with van der Waals surface area (Å²) in [5, 5.41) is 17.6. The third-order valence-electron chi connectivity index (χ3n) is 5.42. The number of para-hydroxylation sites is 1. The molecule has 2 aromatic heterocycles. The highest BCUT2D eigenvalue weighted by molar-refractivity contribution is 5.98. The number of hydrogen-bond donors (Lipinski definition) is 0. The number of rotatable bonds is 4. The first-order valence-electron chi connectivity index (χ1n) is 9.87. The molecule has 3 aromatic rings. The van der Waals surface area contributed by atoms with Crippen molar-refractivity contribution in [1.29, 1.82) is 5.26 Å². The average Bonchev–Trinajstić information content (AvgIpc) is 3.31. The predicted molar refractivity (Wildman–Crippen MR) is 109 cm³/mol. The Balaban J connectivity index is 1.57. The van der Waals surface area contributed by atoms with Crippen LogP contribution in [0.3, 0.4) is 0 Å². The molecular formula is C22H22N6O2. The lowest BCUT2D eigenvalue weighted by Crippen LogP contribution is -2.49. The highest BCUT2D eigenvalue weighted by Crippen LogP contribution is 2.26. The monoisotopic (exact) mass is 402 g/mol. The van der Waals surface area contributed by atoms with E-state index in [4.69, 9.17) is 4.74 Å². The maximum absolute atomic E-state index is 13.4. The number of carbonyl (C=O) groups is 1. The molecule has 152 valence electrons. The highest BCUT2D eigenvalue weighted by Gasteiger charge is 2.32. The molecule has 30 heavy (non-hydrogen) atoms. The molecule has 1 aliphatic rings. The Hall–Kier alpha value is -3.73. The van der Waals surface area contributed by atoms with Gasteiger partial charge in [0.05, 0.1) is 41.8 Å². The molecule has 1 aromatic carbocycles. The molecule has 2 unspecified atom stereocenters. The fraction of sp³-hybridized carbons (Fsp3) is 0.318. The minimum Gasteiger partial charge on any atom is -0.472 e. The molecule has 0 N–H and O–H groups in total. The quantitative estimate of drug-likeness (QED) is 0.666. The van der Waals surface area contributed by atoms with Crippen LogP contribution in [0.15, 0.2) is 48.9 Å².